The number of halogens is 2. The summed E-state index contributed by atoms with van der Waals surface area (Å²) in [6.07, 6.45) is 28.4. The third-order valence-corrected chi connectivity index (χ3v) is 14.1. The van der Waals surface area contributed by atoms with Crippen molar-refractivity contribution in [2.24, 2.45) is 34.5 Å². The lowest BCUT2D eigenvalue weighted by molar-refractivity contribution is -0.123. The largest absolute Gasteiger partial charge is 0.378 e. The fourth-order valence-electron chi connectivity index (χ4n) is 9.88. The van der Waals surface area contributed by atoms with E-state index in [1.54, 1.807) is 0 Å². The Bertz CT molecular complexity index is 648. The molecule has 5 saturated carbocycles. The van der Waals surface area contributed by atoms with Gasteiger partial charge in [0.1, 0.15) is 4.33 Å². The quantitative estimate of drug-likeness (QED) is 0.192. The van der Waals surface area contributed by atoms with Crippen molar-refractivity contribution in [2.45, 2.75) is 165 Å². The van der Waals surface area contributed by atoms with Gasteiger partial charge in [-0.25, -0.2) is 0 Å². The fourth-order valence-corrected chi connectivity index (χ4v) is 10.9. The van der Waals surface area contributed by atoms with Gasteiger partial charge in [0.2, 0.25) is 0 Å². The van der Waals surface area contributed by atoms with Crippen molar-refractivity contribution in [2.75, 3.05) is 13.2 Å². The molecule has 220 valence electrons. The van der Waals surface area contributed by atoms with Crippen LogP contribution in [0.25, 0.3) is 0 Å². The van der Waals surface area contributed by atoms with Crippen LogP contribution in [-0.4, -0.2) is 29.8 Å². The molecule has 0 aromatic heterocycles. The minimum Gasteiger partial charge on any atom is -0.378 e. The molecular weight excluding hydrogens is 511 g/mol. The zero-order valence-corrected chi connectivity index (χ0v) is 26.3. The zero-order chi connectivity index (χ0) is 26.6. The molecule has 0 saturated heterocycles. The summed E-state index contributed by atoms with van der Waals surface area (Å²) in [5.41, 5.74) is 0.404. The number of ether oxygens (including phenoxy) is 2. The topological polar surface area (TPSA) is 18.5 Å². The first kappa shape index (κ1) is 30.0. The molecule has 5 fully saturated rings. The van der Waals surface area contributed by atoms with Crippen molar-refractivity contribution in [3.05, 3.63) is 0 Å². The van der Waals surface area contributed by atoms with Gasteiger partial charge in [-0.15, -0.1) is 23.2 Å². The van der Waals surface area contributed by atoms with Crippen molar-refractivity contribution in [3.63, 3.8) is 0 Å². The average Bonchev–Trinajstić information content (AvgIpc) is 2.95. The van der Waals surface area contributed by atoms with Gasteiger partial charge in [0.25, 0.3) is 0 Å². The number of alkyl halides is 2. The average molecular weight is 570 g/mol. The van der Waals surface area contributed by atoms with E-state index in [0.717, 1.165) is 36.9 Å². The SMILES string of the molecule is CCCCOC1CCC(C2CCC3(CC2)CC2(CCC(C4CCC(OCCCC)CC4)CC2)C3(Cl)Cl)CC1. The molecular formula is C34H58Cl2O2. The number of unbranched alkanes of at least 4 members (excludes halogenated alkanes) is 2. The molecule has 0 aromatic rings. The van der Waals surface area contributed by atoms with Gasteiger partial charge in [-0.05, 0) is 146 Å². The molecule has 2 spiro atoms. The maximum absolute atomic E-state index is 7.43. The highest BCUT2D eigenvalue weighted by Gasteiger charge is 2.72. The van der Waals surface area contributed by atoms with Crippen LogP contribution in [0.1, 0.15) is 149 Å². The molecule has 0 N–H and O–H groups in total. The number of rotatable bonds is 10. The van der Waals surface area contributed by atoms with Gasteiger partial charge in [0.05, 0.1) is 12.2 Å². The Kier molecular flexibility index (Phi) is 10.4. The summed E-state index contributed by atoms with van der Waals surface area (Å²) in [5, 5.41) is 0. The smallest absolute Gasteiger partial charge is 0.129 e. The van der Waals surface area contributed by atoms with Crippen molar-refractivity contribution in [1.82, 2.24) is 0 Å². The molecule has 5 aliphatic carbocycles. The molecule has 0 aromatic carbocycles. The second kappa shape index (κ2) is 13.2. The molecule has 0 heterocycles. The van der Waals surface area contributed by atoms with E-state index < -0.39 is 4.33 Å². The van der Waals surface area contributed by atoms with Gasteiger partial charge in [-0.3, -0.25) is 0 Å². The molecule has 0 radical (unpaired) electrons. The van der Waals surface area contributed by atoms with Crippen LogP contribution in [0.2, 0.25) is 0 Å². The van der Waals surface area contributed by atoms with Crippen molar-refractivity contribution >= 4 is 23.2 Å². The standard InChI is InChI=1S/C34H58Cl2O2/c1-3-5-23-37-30-11-7-26(8-12-30)28-15-19-32(20-16-28)25-33(34(32,35)36)21-17-29(18-22-33)27-9-13-31(14-10-27)38-24-6-4-2/h26-31H,3-25H2,1-2H3. The Morgan fingerprint density at radius 1 is 0.526 bits per heavy atom. The summed E-state index contributed by atoms with van der Waals surface area (Å²) in [4.78, 5) is 0. The van der Waals surface area contributed by atoms with Gasteiger partial charge in [-0.2, -0.15) is 0 Å². The molecule has 0 bridgehead atoms. The summed E-state index contributed by atoms with van der Waals surface area (Å²) in [7, 11) is 0. The summed E-state index contributed by atoms with van der Waals surface area (Å²) in [6.45, 7) is 6.42. The second-order valence-electron chi connectivity index (χ2n) is 14.5. The summed E-state index contributed by atoms with van der Waals surface area (Å²) in [6, 6.07) is 0. The van der Waals surface area contributed by atoms with Crippen LogP contribution in [0.4, 0.5) is 0 Å². The monoisotopic (exact) mass is 568 g/mol. The first-order chi connectivity index (χ1) is 18.4. The molecule has 0 amide bonds. The van der Waals surface area contributed by atoms with E-state index in [1.165, 1.54) is 135 Å². The van der Waals surface area contributed by atoms with Crippen LogP contribution in [0, 0.1) is 34.5 Å². The molecule has 2 nitrogen and oxygen atoms in total. The zero-order valence-electron chi connectivity index (χ0n) is 24.8. The highest BCUT2D eigenvalue weighted by Crippen LogP contribution is 2.77. The molecule has 0 atom stereocenters. The first-order valence-corrected chi connectivity index (χ1v) is 17.8. The van der Waals surface area contributed by atoms with E-state index in [0.29, 0.717) is 12.2 Å². The lowest BCUT2D eigenvalue weighted by atomic mass is 9.42. The Labute approximate surface area is 245 Å². The Morgan fingerprint density at radius 2 is 0.868 bits per heavy atom. The normalized spacial score (nSPS) is 43.3. The predicted molar refractivity (Wildman–Crippen MR) is 161 cm³/mol. The highest BCUT2D eigenvalue weighted by atomic mass is 35.5. The van der Waals surface area contributed by atoms with Crippen molar-refractivity contribution in [3.8, 4) is 0 Å². The molecule has 38 heavy (non-hydrogen) atoms. The minimum absolute atomic E-state index is 0.202. The van der Waals surface area contributed by atoms with Crippen LogP contribution in [0.15, 0.2) is 0 Å². The molecule has 0 unspecified atom stereocenters. The summed E-state index contributed by atoms with van der Waals surface area (Å²) >= 11 is 14.9. The van der Waals surface area contributed by atoms with Crippen molar-refractivity contribution in [1.29, 1.82) is 0 Å². The Balaban J connectivity index is 1.04. The maximum atomic E-state index is 7.43. The first-order valence-electron chi connectivity index (χ1n) is 17.0. The number of hydrogen-bond acceptors (Lipinski definition) is 2. The maximum Gasteiger partial charge on any atom is 0.129 e. The van der Waals surface area contributed by atoms with E-state index in [2.05, 4.69) is 13.8 Å². The van der Waals surface area contributed by atoms with Gasteiger partial charge >= 0.3 is 0 Å². The lowest BCUT2D eigenvalue weighted by Crippen LogP contribution is -2.66. The van der Waals surface area contributed by atoms with E-state index in [4.69, 9.17) is 32.7 Å². The van der Waals surface area contributed by atoms with Crippen LogP contribution >= 0.6 is 23.2 Å². The van der Waals surface area contributed by atoms with E-state index in [9.17, 15) is 0 Å². The van der Waals surface area contributed by atoms with Crippen LogP contribution < -0.4 is 0 Å². The minimum atomic E-state index is -0.495. The number of hydrogen-bond donors (Lipinski definition) is 0. The Hall–Kier alpha value is 0.500. The van der Waals surface area contributed by atoms with Crippen LogP contribution in [0.3, 0.4) is 0 Å². The third kappa shape index (κ3) is 6.15. The highest BCUT2D eigenvalue weighted by molar-refractivity contribution is 6.50. The van der Waals surface area contributed by atoms with Gasteiger partial charge in [0, 0.05) is 24.0 Å². The molecule has 0 aliphatic heterocycles. The van der Waals surface area contributed by atoms with E-state index in [1.807, 2.05) is 0 Å². The molecule has 5 rings (SSSR count). The van der Waals surface area contributed by atoms with Crippen LogP contribution in [0.5, 0.6) is 0 Å². The molecule has 5 aliphatic rings. The van der Waals surface area contributed by atoms with Crippen LogP contribution in [-0.2, 0) is 9.47 Å². The molecule has 4 heteroatoms. The summed E-state index contributed by atoms with van der Waals surface area (Å²) < 4.78 is 11.8. The fraction of sp³-hybridized carbons (Fsp3) is 1.00. The van der Waals surface area contributed by atoms with E-state index >= 15 is 0 Å². The Morgan fingerprint density at radius 3 is 1.18 bits per heavy atom. The van der Waals surface area contributed by atoms with Gasteiger partial charge in [-0.1, -0.05) is 26.7 Å². The second-order valence-corrected chi connectivity index (χ2v) is 15.8. The summed E-state index contributed by atoms with van der Waals surface area (Å²) in [5.74, 6) is 3.62. The lowest BCUT2D eigenvalue weighted by Gasteiger charge is -2.69. The van der Waals surface area contributed by atoms with Gasteiger partial charge in [0.15, 0.2) is 0 Å². The van der Waals surface area contributed by atoms with E-state index in [-0.39, 0.29) is 10.8 Å². The van der Waals surface area contributed by atoms with Crippen molar-refractivity contribution < 1.29 is 9.47 Å². The predicted octanol–water partition coefficient (Wildman–Crippen LogP) is 10.7. The van der Waals surface area contributed by atoms with Gasteiger partial charge < -0.3 is 9.47 Å². The third-order valence-electron chi connectivity index (χ3n) is 12.5.